The number of Topliss-reactive ketones (excluding diaryl/α,β-unsaturated/α-hetero) is 1. The Bertz CT molecular complexity index is 667. The summed E-state index contributed by atoms with van der Waals surface area (Å²) in [6.45, 7) is 8.65. The lowest BCUT2D eigenvalue weighted by atomic mass is 10.0. The fourth-order valence-corrected chi connectivity index (χ4v) is 3.60. The molecule has 118 valence electrons. The minimum absolute atomic E-state index is 0.218. The molecule has 0 saturated carbocycles. The molecule has 0 unspecified atom stereocenters. The van der Waals surface area contributed by atoms with E-state index in [0.717, 1.165) is 36.0 Å². The van der Waals surface area contributed by atoms with Gasteiger partial charge in [-0.2, -0.15) is 0 Å². The Hall–Kier alpha value is -1.65. The summed E-state index contributed by atoms with van der Waals surface area (Å²) in [5.74, 6) is 0.218. The van der Waals surface area contributed by atoms with Crippen LogP contribution in [-0.2, 0) is 11.2 Å². The predicted octanol–water partition coefficient (Wildman–Crippen LogP) is 1.61. The molecule has 1 aromatic heterocycles. The van der Waals surface area contributed by atoms with Gasteiger partial charge in [0.2, 0.25) is 5.78 Å². The van der Waals surface area contributed by atoms with Gasteiger partial charge in [0.25, 0.3) is 0 Å². The Kier molecular flexibility index (Phi) is 4.32. The summed E-state index contributed by atoms with van der Waals surface area (Å²) in [5.41, 5.74) is 3.19. The molecular formula is C18H25N2O2+. The van der Waals surface area contributed by atoms with Gasteiger partial charge in [-0.25, -0.2) is 0 Å². The first-order chi connectivity index (χ1) is 10.6. The Balaban J connectivity index is 1.81. The number of aromatic amines is 1. The SMILES string of the molecule is CCc1cccc2c(C(=O)C[NH+]3C[C@@H](C)O[C@H](C)C3)c[nH]c12. The van der Waals surface area contributed by atoms with E-state index in [-0.39, 0.29) is 18.0 Å². The number of hydrogen-bond acceptors (Lipinski definition) is 2. The minimum Gasteiger partial charge on any atom is -0.364 e. The van der Waals surface area contributed by atoms with Crippen LogP contribution in [0.1, 0.15) is 36.7 Å². The average molecular weight is 301 g/mol. The largest absolute Gasteiger partial charge is 0.364 e. The quantitative estimate of drug-likeness (QED) is 0.843. The van der Waals surface area contributed by atoms with Crippen molar-refractivity contribution in [1.82, 2.24) is 4.98 Å². The van der Waals surface area contributed by atoms with Crippen LogP contribution in [0.2, 0.25) is 0 Å². The number of carbonyl (C=O) groups excluding carboxylic acids is 1. The summed E-state index contributed by atoms with van der Waals surface area (Å²) in [4.78, 5) is 17.3. The number of benzene rings is 1. The number of ether oxygens (including phenoxy) is 1. The zero-order valence-corrected chi connectivity index (χ0v) is 13.6. The van der Waals surface area contributed by atoms with Gasteiger partial charge in [0, 0.05) is 22.7 Å². The van der Waals surface area contributed by atoms with Crippen molar-refractivity contribution in [3.8, 4) is 0 Å². The van der Waals surface area contributed by atoms with Gasteiger partial charge in [-0.15, -0.1) is 0 Å². The molecule has 2 aromatic rings. The molecule has 1 fully saturated rings. The first-order valence-corrected chi connectivity index (χ1v) is 8.19. The van der Waals surface area contributed by atoms with Crippen molar-refractivity contribution in [2.45, 2.75) is 39.4 Å². The Morgan fingerprint density at radius 3 is 2.73 bits per heavy atom. The van der Waals surface area contributed by atoms with Crippen LogP contribution in [-0.4, -0.2) is 42.6 Å². The number of rotatable bonds is 4. The molecule has 22 heavy (non-hydrogen) atoms. The van der Waals surface area contributed by atoms with Crippen molar-refractivity contribution in [1.29, 1.82) is 0 Å². The van der Waals surface area contributed by atoms with Crippen molar-refractivity contribution >= 4 is 16.7 Å². The van der Waals surface area contributed by atoms with E-state index in [1.165, 1.54) is 10.5 Å². The molecule has 2 atom stereocenters. The highest BCUT2D eigenvalue weighted by Gasteiger charge is 2.28. The maximum Gasteiger partial charge on any atom is 0.219 e. The number of nitrogens with one attached hydrogen (secondary N) is 2. The fraction of sp³-hybridized carbons (Fsp3) is 0.500. The summed E-state index contributed by atoms with van der Waals surface area (Å²) in [7, 11) is 0. The van der Waals surface area contributed by atoms with E-state index in [2.05, 4.69) is 31.8 Å². The average Bonchev–Trinajstić information content (AvgIpc) is 2.90. The number of carbonyl (C=O) groups is 1. The Morgan fingerprint density at radius 2 is 2.05 bits per heavy atom. The second-order valence-corrected chi connectivity index (χ2v) is 6.41. The predicted molar refractivity (Wildman–Crippen MR) is 87.6 cm³/mol. The third-order valence-corrected chi connectivity index (χ3v) is 4.51. The molecule has 0 amide bonds. The minimum atomic E-state index is 0.218. The third-order valence-electron chi connectivity index (χ3n) is 4.51. The molecule has 1 aliphatic heterocycles. The van der Waals surface area contributed by atoms with Crippen LogP contribution in [0.15, 0.2) is 24.4 Å². The second kappa shape index (κ2) is 6.23. The molecule has 0 radical (unpaired) electrons. The lowest BCUT2D eigenvalue weighted by Crippen LogP contribution is -3.16. The van der Waals surface area contributed by atoms with Crippen LogP contribution in [0.5, 0.6) is 0 Å². The number of quaternary nitrogens is 1. The van der Waals surface area contributed by atoms with E-state index in [1.54, 1.807) is 0 Å². The maximum atomic E-state index is 12.7. The molecule has 2 heterocycles. The van der Waals surface area contributed by atoms with Crippen LogP contribution >= 0.6 is 0 Å². The van der Waals surface area contributed by atoms with E-state index in [4.69, 9.17) is 4.74 Å². The Morgan fingerprint density at radius 1 is 1.32 bits per heavy atom. The zero-order valence-electron chi connectivity index (χ0n) is 13.6. The van der Waals surface area contributed by atoms with Crippen LogP contribution in [0, 0.1) is 0 Å². The van der Waals surface area contributed by atoms with Crippen molar-refractivity contribution in [2.75, 3.05) is 19.6 Å². The van der Waals surface area contributed by atoms with Gasteiger partial charge in [-0.1, -0.05) is 25.1 Å². The van der Waals surface area contributed by atoms with Gasteiger partial charge in [-0.05, 0) is 25.8 Å². The van der Waals surface area contributed by atoms with Crippen molar-refractivity contribution in [3.05, 3.63) is 35.5 Å². The van der Waals surface area contributed by atoms with Gasteiger partial charge in [0.1, 0.15) is 31.8 Å². The lowest BCUT2D eigenvalue weighted by Gasteiger charge is -2.31. The van der Waals surface area contributed by atoms with Gasteiger partial charge >= 0.3 is 0 Å². The highest BCUT2D eigenvalue weighted by molar-refractivity contribution is 6.08. The normalized spacial score (nSPS) is 25.5. The summed E-state index contributed by atoms with van der Waals surface area (Å²) in [6, 6.07) is 6.19. The maximum absolute atomic E-state index is 12.7. The highest BCUT2D eigenvalue weighted by Crippen LogP contribution is 2.22. The summed E-state index contributed by atoms with van der Waals surface area (Å²) >= 11 is 0. The number of aromatic nitrogens is 1. The number of aryl methyl sites for hydroxylation is 1. The number of H-pyrrole nitrogens is 1. The zero-order chi connectivity index (χ0) is 15.7. The fourth-order valence-electron chi connectivity index (χ4n) is 3.60. The second-order valence-electron chi connectivity index (χ2n) is 6.41. The number of ketones is 1. The van der Waals surface area contributed by atoms with Crippen LogP contribution in [0.3, 0.4) is 0 Å². The van der Waals surface area contributed by atoms with Crippen LogP contribution in [0.25, 0.3) is 10.9 Å². The standard InChI is InChI=1S/C18H24N2O2/c1-4-14-6-5-7-15-16(8-19-18(14)15)17(21)11-20-9-12(2)22-13(3)10-20/h5-8,12-13,19H,4,9-11H2,1-3H3/p+1/t12-,13-/m1/s1. The van der Waals surface area contributed by atoms with Gasteiger partial charge in [0.15, 0.2) is 0 Å². The van der Waals surface area contributed by atoms with E-state index in [0.29, 0.717) is 6.54 Å². The highest BCUT2D eigenvalue weighted by atomic mass is 16.5. The van der Waals surface area contributed by atoms with E-state index < -0.39 is 0 Å². The van der Waals surface area contributed by atoms with Gasteiger partial charge in [0.05, 0.1) is 0 Å². The molecule has 1 saturated heterocycles. The molecular weight excluding hydrogens is 276 g/mol. The van der Waals surface area contributed by atoms with Gasteiger partial charge < -0.3 is 14.6 Å². The monoisotopic (exact) mass is 301 g/mol. The topological polar surface area (TPSA) is 46.5 Å². The molecule has 4 nitrogen and oxygen atoms in total. The van der Waals surface area contributed by atoms with Crippen LogP contribution < -0.4 is 4.90 Å². The molecule has 0 spiro atoms. The molecule has 1 aliphatic rings. The van der Waals surface area contributed by atoms with Crippen LogP contribution in [0.4, 0.5) is 0 Å². The number of fused-ring (bicyclic) bond motifs is 1. The number of hydrogen-bond donors (Lipinski definition) is 2. The van der Waals surface area contributed by atoms with E-state index >= 15 is 0 Å². The van der Waals surface area contributed by atoms with Gasteiger partial charge in [-0.3, -0.25) is 4.79 Å². The van der Waals surface area contributed by atoms with Crippen molar-refractivity contribution in [3.63, 3.8) is 0 Å². The Labute approximate surface area is 131 Å². The molecule has 4 heteroatoms. The van der Waals surface area contributed by atoms with E-state index in [1.807, 2.05) is 18.3 Å². The summed E-state index contributed by atoms with van der Waals surface area (Å²) in [6.07, 6.45) is 3.29. The van der Waals surface area contributed by atoms with Crippen molar-refractivity contribution < 1.29 is 14.4 Å². The molecule has 0 aliphatic carbocycles. The summed E-state index contributed by atoms with van der Waals surface area (Å²) < 4.78 is 5.75. The summed E-state index contributed by atoms with van der Waals surface area (Å²) in [5, 5.41) is 1.05. The molecule has 2 N–H and O–H groups in total. The number of para-hydroxylation sites is 1. The lowest BCUT2D eigenvalue weighted by molar-refractivity contribution is -0.906. The third kappa shape index (κ3) is 2.94. The van der Waals surface area contributed by atoms with E-state index in [9.17, 15) is 4.79 Å². The van der Waals surface area contributed by atoms with Crippen molar-refractivity contribution in [2.24, 2.45) is 0 Å². The smallest absolute Gasteiger partial charge is 0.219 e. The molecule has 0 bridgehead atoms. The molecule has 3 rings (SSSR count). The number of morpholine rings is 1. The molecule has 1 aromatic carbocycles. The first-order valence-electron chi connectivity index (χ1n) is 8.19. The first kappa shape index (κ1) is 15.3.